The Labute approximate surface area is 302 Å². The van der Waals surface area contributed by atoms with Gasteiger partial charge in [-0.05, 0) is 91.8 Å². The first kappa shape index (κ1) is 32.4. The van der Waals surface area contributed by atoms with E-state index in [1.54, 1.807) is 64.9 Å². The van der Waals surface area contributed by atoms with Crippen LogP contribution in [-0.4, -0.2) is 64.2 Å². The molecule has 52 heavy (non-hydrogen) atoms. The van der Waals surface area contributed by atoms with Gasteiger partial charge in [-0.3, -0.25) is 18.6 Å². The topological polar surface area (TPSA) is 108 Å². The van der Waals surface area contributed by atoms with Crippen LogP contribution in [0.3, 0.4) is 0 Å². The molecule has 0 saturated carbocycles. The fraction of sp³-hybridized carbons (Fsp3) is 0.282. The van der Waals surface area contributed by atoms with Crippen LogP contribution >= 0.6 is 11.6 Å². The summed E-state index contributed by atoms with van der Waals surface area (Å²) < 4.78 is 26.8. The summed E-state index contributed by atoms with van der Waals surface area (Å²) in [5.74, 6) is 0.506. The monoisotopic (exact) mass is 718 g/mol. The van der Waals surface area contributed by atoms with Gasteiger partial charge in [-0.2, -0.15) is 10.2 Å². The molecule has 2 aliphatic rings. The lowest BCUT2D eigenvalue weighted by atomic mass is 9.91. The molecule has 264 valence electrons. The molecule has 0 atom stereocenters. The molecule has 1 saturated heterocycles. The van der Waals surface area contributed by atoms with E-state index in [4.69, 9.17) is 21.4 Å². The second-order valence-corrected chi connectivity index (χ2v) is 14.2. The lowest BCUT2D eigenvalue weighted by Gasteiger charge is -2.26. The van der Waals surface area contributed by atoms with E-state index in [0.29, 0.717) is 57.9 Å². The highest BCUT2D eigenvalue weighted by Crippen LogP contribution is 2.33. The molecule has 1 N–H and O–H groups in total. The zero-order valence-electron chi connectivity index (χ0n) is 29.0. The largest absolute Gasteiger partial charge is 0.381 e. The van der Waals surface area contributed by atoms with Crippen molar-refractivity contribution in [2.75, 3.05) is 19.8 Å². The van der Waals surface area contributed by atoms with Gasteiger partial charge >= 0.3 is 5.69 Å². The second kappa shape index (κ2) is 12.3. The Morgan fingerprint density at radius 3 is 2.58 bits per heavy atom. The Balaban J connectivity index is 1.12. The number of imidazole rings is 1. The summed E-state index contributed by atoms with van der Waals surface area (Å²) in [4.78, 5) is 33.6. The number of carbonyl (C=O) groups is 1. The first-order valence-electron chi connectivity index (χ1n) is 17.4. The lowest BCUT2D eigenvalue weighted by Crippen LogP contribution is -2.36. The van der Waals surface area contributed by atoms with Gasteiger partial charge in [-0.15, -0.1) is 0 Å². The number of hydrogen-bond acceptors (Lipinski definition) is 5. The molecule has 13 heteroatoms. The molecule has 0 aliphatic carbocycles. The number of aromatic nitrogens is 7. The number of H-pyrrole nitrogens is 1. The van der Waals surface area contributed by atoms with E-state index in [-0.39, 0.29) is 24.0 Å². The number of hydrogen-bond donors (Lipinski definition) is 1. The van der Waals surface area contributed by atoms with Crippen molar-refractivity contribution < 1.29 is 13.9 Å². The van der Waals surface area contributed by atoms with Gasteiger partial charge in [0.05, 0.1) is 40.3 Å². The second-order valence-electron chi connectivity index (χ2n) is 13.9. The zero-order chi connectivity index (χ0) is 35.8. The highest BCUT2D eigenvalue weighted by Gasteiger charge is 2.31. The van der Waals surface area contributed by atoms with E-state index < -0.39 is 0 Å². The number of aromatic amines is 1. The van der Waals surface area contributed by atoms with Crippen molar-refractivity contribution in [3.63, 3.8) is 0 Å². The van der Waals surface area contributed by atoms with E-state index in [2.05, 4.69) is 28.3 Å². The van der Waals surface area contributed by atoms with Crippen LogP contribution in [-0.2, 0) is 24.8 Å². The van der Waals surface area contributed by atoms with Crippen molar-refractivity contribution in [3.05, 3.63) is 122 Å². The number of nitrogens with zero attached hydrogens (tertiary/aromatic N) is 7. The average molecular weight is 719 g/mol. The molecule has 3 aromatic carbocycles. The van der Waals surface area contributed by atoms with Gasteiger partial charge < -0.3 is 14.6 Å². The van der Waals surface area contributed by atoms with Crippen molar-refractivity contribution in [1.29, 1.82) is 0 Å². The van der Waals surface area contributed by atoms with Crippen molar-refractivity contribution in [3.8, 4) is 17.2 Å². The third kappa shape index (κ3) is 5.19. The predicted molar refractivity (Wildman–Crippen MR) is 197 cm³/mol. The number of rotatable bonds is 5. The number of halogens is 2. The van der Waals surface area contributed by atoms with Crippen molar-refractivity contribution >= 4 is 39.3 Å². The third-order valence-corrected chi connectivity index (χ3v) is 11.0. The molecule has 0 spiro atoms. The quantitative estimate of drug-likeness (QED) is 0.214. The summed E-state index contributed by atoms with van der Waals surface area (Å²) in [6, 6.07) is 15.4. The fourth-order valence-corrected chi connectivity index (χ4v) is 8.12. The van der Waals surface area contributed by atoms with Gasteiger partial charge in [0.25, 0.3) is 5.91 Å². The van der Waals surface area contributed by atoms with E-state index in [1.807, 2.05) is 19.2 Å². The first-order chi connectivity index (χ1) is 25.2. The molecule has 0 unspecified atom stereocenters. The molecule has 6 heterocycles. The smallest absolute Gasteiger partial charge is 0.338 e. The minimum Gasteiger partial charge on any atom is -0.381 e. The number of amides is 1. The van der Waals surface area contributed by atoms with Crippen LogP contribution in [0.4, 0.5) is 4.39 Å². The Morgan fingerprint density at radius 1 is 1.02 bits per heavy atom. The van der Waals surface area contributed by atoms with Crippen molar-refractivity contribution in [2.45, 2.75) is 45.6 Å². The number of ether oxygens (including phenoxy) is 1. The minimum absolute atomic E-state index is 0.136. The Bertz CT molecular complexity index is 2600. The van der Waals surface area contributed by atoms with Crippen LogP contribution in [0.1, 0.15) is 57.2 Å². The van der Waals surface area contributed by atoms with E-state index in [1.165, 1.54) is 14.7 Å². The first-order valence-corrected chi connectivity index (χ1v) is 17.8. The van der Waals surface area contributed by atoms with Crippen molar-refractivity contribution in [2.24, 2.45) is 7.05 Å². The third-order valence-electron chi connectivity index (χ3n) is 10.6. The highest BCUT2D eigenvalue weighted by molar-refractivity contribution is 6.37. The molecule has 4 aromatic heterocycles. The molecule has 1 amide bonds. The van der Waals surface area contributed by atoms with Crippen molar-refractivity contribution in [1.82, 2.24) is 38.6 Å². The fourth-order valence-electron chi connectivity index (χ4n) is 7.82. The zero-order valence-corrected chi connectivity index (χ0v) is 29.7. The molecular weight excluding hydrogens is 683 g/mol. The Hall–Kier alpha value is -5.46. The molecule has 9 rings (SSSR count). The van der Waals surface area contributed by atoms with E-state index in [9.17, 15) is 14.0 Å². The number of fused-ring (bicyclic) bond motifs is 3. The maximum atomic E-state index is 14.8. The summed E-state index contributed by atoms with van der Waals surface area (Å²) in [5.41, 5.74) is 6.71. The summed E-state index contributed by atoms with van der Waals surface area (Å²) in [5, 5.41) is 11.4. The van der Waals surface area contributed by atoms with E-state index >= 15 is 0 Å². The molecular formula is C39H36ClFN8O3. The van der Waals surface area contributed by atoms with Crippen LogP contribution < -0.4 is 5.69 Å². The maximum Gasteiger partial charge on any atom is 0.338 e. The number of benzene rings is 3. The molecule has 2 aliphatic heterocycles. The molecule has 1 fully saturated rings. The van der Waals surface area contributed by atoms with E-state index in [0.717, 1.165) is 59.1 Å². The van der Waals surface area contributed by atoms with Gasteiger partial charge in [-0.1, -0.05) is 17.7 Å². The van der Waals surface area contributed by atoms with Crippen LogP contribution in [0.2, 0.25) is 5.02 Å². The molecule has 11 nitrogen and oxygen atoms in total. The average Bonchev–Trinajstić information content (AvgIpc) is 3.94. The number of aryl methyl sites for hydroxylation is 3. The summed E-state index contributed by atoms with van der Waals surface area (Å²) in [6.45, 7) is 5.62. The summed E-state index contributed by atoms with van der Waals surface area (Å²) >= 11 is 6.85. The molecule has 0 radical (unpaired) electrons. The van der Waals surface area contributed by atoms with Crippen LogP contribution in [0.25, 0.3) is 39.0 Å². The van der Waals surface area contributed by atoms with Gasteiger partial charge in [0.15, 0.2) is 0 Å². The van der Waals surface area contributed by atoms with Gasteiger partial charge in [0, 0.05) is 67.5 Å². The Kier molecular flexibility index (Phi) is 7.70. The van der Waals surface area contributed by atoms with Crippen LogP contribution in [0, 0.1) is 19.7 Å². The normalized spacial score (nSPS) is 15.2. The van der Waals surface area contributed by atoms with Crippen LogP contribution in [0.5, 0.6) is 0 Å². The maximum absolute atomic E-state index is 14.8. The Morgan fingerprint density at radius 2 is 1.79 bits per heavy atom. The molecule has 0 bridgehead atoms. The van der Waals surface area contributed by atoms with Crippen LogP contribution in [0.15, 0.2) is 71.9 Å². The minimum atomic E-state index is -0.371. The lowest BCUT2D eigenvalue weighted by molar-refractivity contribution is 0.0729. The number of carbonyl (C=O) groups excluding carboxylic acids is 1. The standard InChI is InChI=1S/C39H36ClFN8O3/c1-22-16-27(17-23(2)36(22)41)49-37(48-13-12-47(39(48)51)34-7-6-33-28(35(34)40)20-42-45(33)3)29-21-46(11-8-31(29)44-49)38(50)32-19-26-18-25(4-5-30(26)43-32)24-9-14-52-15-10-24/h4-7,12-13,16-20,24,43H,8-11,14-15,21H2,1-3H3. The van der Waals surface area contributed by atoms with Gasteiger partial charge in [0.2, 0.25) is 0 Å². The van der Waals surface area contributed by atoms with Gasteiger partial charge in [-0.25, -0.2) is 13.9 Å². The highest BCUT2D eigenvalue weighted by atomic mass is 35.5. The molecule has 7 aromatic rings. The van der Waals surface area contributed by atoms with Gasteiger partial charge in [0.1, 0.15) is 17.3 Å². The summed E-state index contributed by atoms with van der Waals surface area (Å²) in [6.07, 6.45) is 7.48. The summed E-state index contributed by atoms with van der Waals surface area (Å²) in [7, 11) is 1.83. The number of nitrogens with one attached hydrogen (secondary N) is 1. The predicted octanol–water partition coefficient (Wildman–Crippen LogP) is 6.68. The SMILES string of the molecule is Cc1cc(-n2nc3c(c2-n2ccn(-c4ccc5c(cnn5C)c4Cl)c2=O)CN(C(=O)c2cc4cc(C5CCOCC5)ccc4[nH]2)CC3)cc(C)c1F.